The largest absolute Gasteiger partial charge is 0.480 e. The van der Waals surface area contributed by atoms with Crippen LogP contribution in [0.15, 0.2) is 36.7 Å². The molecule has 6 nitrogen and oxygen atoms in total. The maximum Gasteiger partial charge on any atom is 0.326 e. The Kier molecular flexibility index (Phi) is 6.64. The molecule has 0 fully saturated rings. The Bertz CT molecular complexity index is 699. The number of aromatic nitrogens is 2. The van der Waals surface area contributed by atoms with E-state index in [1.54, 1.807) is 12.4 Å². The van der Waals surface area contributed by atoms with E-state index in [9.17, 15) is 14.7 Å². The molecule has 25 heavy (non-hydrogen) atoms. The molecule has 0 spiro atoms. The molecule has 3 N–H and O–H groups in total. The van der Waals surface area contributed by atoms with Crippen molar-refractivity contribution in [2.24, 2.45) is 11.8 Å². The van der Waals surface area contributed by atoms with Gasteiger partial charge in [0.2, 0.25) is 5.91 Å². The van der Waals surface area contributed by atoms with E-state index >= 15 is 0 Å². The zero-order valence-electron chi connectivity index (χ0n) is 14.3. The Morgan fingerprint density at radius 1 is 1.24 bits per heavy atom. The van der Waals surface area contributed by atoms with Crippen molar-refractivity contribution in [1.82, 2.24) is 15.5 Å². The molecular weight excluding hydrogens is 338 g/mol. The van der Waals surface area contributed by atoms with E-state index < -0.39 is 12.0 Å². The minimum absolute atomic E-state index is 0.0983. The van der Waals surface area contributed by atoms with Gasteiger partial charge in [0.25, 0.3) is 0 Å². The molecule has 2 aromatic rings. The number of carbonyl (C=O) groups excluding carboxylic acids is 1. The smallest absolute Gasteiger partial charge is 0.326 e. The summed E-state index contributed by atoms with van der Waals surface area (Å²) >= 11 is 4.19. The van der Waals surface area contributed by atoms with Gasteiger partial charge in [0.05, 0.1) is 6.20 Å². The van der Waals surface area contributed by atoms with Gasteiger partial charge in [-0.2, -0.15) is 17.7 Å². The van der Waals surface area contributed by atoms with E-state index in [-0.39, 0.29) is 24.2 Å². The molecule has 0 aliphatic carbocycles. The average molecular weight is 361 g/mol. The number of aliphatic carboxylic acids is 1. The van der Waals surface area contributed by atoms with Gasteiger partial charge in [-0.05, 0) is 17.0 Å². The van der Waals surface area contributed by atoms with Crippen molar-refractivity contribution in [2.45, 2.75) is 26.3 Å². The van der Waals surface area contributed by atoms with E-state index in [4.69, 9.17) is 0 Å². The number of nitrogens with one attached hydrogen (secondary N) is 2. The van der Waals surface area contributed by atoms with Crippen LogP contribution in [0.3, 0.4) is 0 Å². The van der Waals surface area contributed by atoms with Crippen molar-refractivity contribution in [3.05, 3.63) is 42.2 Å². The molecule has 0 unspecified atom stereocenters. The molecule has 2 atom stereocenters. The zero-order valence-corrected chi connectivity index (χ0v) is 15.2. The summed E-state index contributed by atoms with van der Waals surface area (Å²) in [4.78, 5) is 23.8. The summed E-state index contributed by atoms with van der Waals surface area (Å²) in [6.07, 6.45) is 3.74. The maximum absolute atomic E-state index is 12.3. The number of rotatable bonds is 8. The van der Waals surface area contributed by atoms with E-state index in [0.717, 1.165) is 16.7 Å². The monoisotopic (exact) mass is 361 g/mol. The number of nitrogens with zero attached hydrogens (tertiary/aromatic N) is 1. The van der Waals surface area contributed by atoms with Gasteiger partial charge in [-0.3, -0.25) is 9.89 Å². The van der Waals surface area contributed by atoms with Gasteiger partial charge in [-0.25, -0.2) is 4.79 Å². The van der Waals surface area contributed by atoms with Crippen LogP contribution in [-0.4, -0.2) is 39.0 Å². The number of thiol groups is 1. The summed E-state index contributed by atoms with van der Waals surface area (Å²) in [7, 11) is 0. The summed E-state index contributed by atoms with van der Waals surface area (Å²) < 4.78 is 0. The molecule has 0 bridgehead atoms. The first-order chi connectivity index (χ1) is 11.9. The molecule has 134 valence electrons. The molecule has 7 heteroatoms. The molecule has 2 rings (SSSR count). The fraction of sp³-hybridized carbons (Fsp3) is 0.389. The van der Waals surface area contributed by atoms with E-state index in [2.05, 4.69) is 28.1 Å². The van der Waals surface area contributed by atoms with Gasteiger partial charge in [-0.15, -0.1) is 0 Å². The summed E-state index contributed by atoms with van der Waals surface area (Å²) in [6.45, 7) is 3.84. The Balaban J connectivity index is 2.06. The van der Waals surface area contributed by atoms with Gasteiger partial charge in [0.1, 0.15) is 6.04 Å². The number of amides is 1. The Morgan fingerprint density at radius 2 is 1.92 bits per heavy atom. The first kappa shape index (κ1) is 19.1. The Morgan fingerprint density at radius 3 is 2.40 bits per heavy atom. The van der Waals surface area contributed by atoms with E-state index in [0.29, 0.717) is 5.75 Å². The number of aromatic amines is 1. The molecule has 1 aromatic heterocycles. The Labute approximate surface area is 152 Å². The first-order valence-electron chi connectivity index (χ1n) is 8.14. The fourth-order valence-corrected chi connectivity index (χ4v) is 3.14. The normalized spacial score (nSPS) is 13.4. The quantitative estimate of drug-likeness (QED) is 0.543. The zero-order chi connectivity index (χ0) is 18.4. The van der Waals surface area contributed by atoms with Crippen molar-refractivity contribution >= 4 is 24.5 Å². The minimum Gasteiger partial charge on any atom is -0.480 e. The van der Waals surface area contributed by atoms with Crippen LogP contribution in [0.25, 0.3) is 11.1 Å². The second-order valence-electron chi connectivity index (χ2n) is 6.32. The first-order valence-corrected chi connectivity index (χ1v) is 8.77. The molecule has 1 heterocycles. The van der Waals surface area contributed by atoms with Gasteiger partial charge < -0.3 is 10.4 Å². The second kappa shape index (κ2) is 8.71. The number of hydrogen-bond donors (Lipinski definition) is 4. The lowest BCUT2D eigenvalue weighted by molar-refractivity contribution is -0.142. The lowest BCUT2D eigenvalue weighted by Gasteiger charge is -2.21. The summed E-state index contributed by atoms with van der Waals surface area (Å²) in [5.74, 6) is -1.15. The number of hydrogen-bond acceptors (Lipinski definition) is 4. The topological polar surface area (TPSA) is 95.1 Å². The molecule has 0 saturated carbocycles. The van der Waals surface area contributed by atoms with Gasteiger partial charge >= 0.3 is 5.97 Å². The van der Waals surface area contributed by atoms with Gasteiger partial charge in [0.15, 0.2) is 0 Å². The van der Waals surface area contributed by atoms with Crippen molar-refractivity contribution < 1.29 is 14.7 Å². The van der Waals surface area contributed by atoms with Crippen LogP contribution in [0, 0.1) is 11.8 Å². The third kappa shape index (κ3) is 5.09. The number of carbonyl (C=O) groups is 2. The highest BCUT2D eigenvalue weighted by atomic mass is 32.1. The van der Waals surface area contributed by atoms with Gasteiger partial charge in [-0.1, -0.05) is 38.1 Å². The van der Waals surface area contributed by atoms with Crippen LogP contribution >= 0.6 is 12.6 Å². The van der Waals surface area contributed by atoms with Crippen LogP contribution in [0.2, 0.25) is 0 Å². The molecule has 0 saturated heterocycles. The summed E-state index contributed by atoms with van der Waals surface area (Å²) in [5.41, 5.74) is 2.79. The average Bonchev–Trinajstić information content (AvgIpc) is 3.09. The number of carboxylic acid groups (broad SMARTS) is 1. The molecule has 0 radical (unpaired) electrons. The maximum atomic E-state index is 12.3. The number of carboxylic acids is 1. The Hall–Kier alpha value is -2.28. The van der Waals surface area contributed by atoms with Crippen LogP contribution < -0.4 is 5.32 Å². The van der Waals surface area contributed by atoms with Crippen LogP contribution in [0.5, 0.6) is 0 Å². The highest BCUT2D eigenvalue weighted by Gasteiger charge is 2.26. The summed E-state index contributed by atoms with van der Waals surface area (Å²) in [5, 5.41) is 18.7. The highest BCUT2D eigenvalue weighted by Crippen LogP contribution is 2.19. The van der Waals surface area contributed by atoms with Crippen molar-refractivity contribution in [3.8, 4) is 11.1 Å². The highest BCUT2D eigenvalue weighted by molar-refractivity contribution is 7.80. The second-order valence-corrected chi connectivity index (χ2v) is 6.69. The molecular formula is C18H23N3O3S. The van der Waals surface area contributed by atoms with Crippen LogP contribution in [0.4, 0.5) is 0 Å². The molecule has 0 aliphatic rings. The predicted molar refractivity (Wildman–Crippen MR) is 99.5 cm³/mol. The number of H-pyrrole nitrogens is 1. The van der Waals surface area contributed by atoms with E-state index in [1.165, 1.54) is 0 Å². The third-order valence-electron chi connectivity index (χ3n) is 4.18. The lowest BCUT2D eigenvalue weighted by atomic mass is 9.96. The number of benzene rings is 1. The molecule has 0 aliphatic heterocycles. The molecule has 1 aromatic carbocycles. The predicted octanol–water partition coefficient (Wildman–Crippen LogP) is 2.39. The van der Waals surface area contributed by atoms with Crippen molar-refractivity contribution in [3.63, 3.8) is 0 Å². The third-order valence-corrected chi connectivity index (χ3v) is 4.57. The van der Waals surface area contributed by atoms with Crippen molar-refractivity contribution in [1.29, 1.82) is 0 Å². The summed E-state index contributed by atoms with van der Waals surface area (Å²) in [6, 6.07) is 6.58. The SMILES string of the molecule is CC(C)[C@H](CS)C(=O)N[C@@H](Cc1ccc(-c2cn[nH]c2)cc1)C(=O)O. The lowest BCUT2D eigenvalue weighted by Crippen LogP contribution is -2.46. The van der Waals surface area contributed by atoms with Crippen LogP contribution in [0.1, 0.15) is 19.4 Å². The fourth-order valence-electron chi connectivity index (χ4n) is 2.55. The minimum atomic E-state index is -1.05. The van der Waals surface area contributed by atoms with Crippen LogP contribution in [-0.2, 0) is 16.0 Å². The van der Waals surface area contributed by atoms with Crippen molar-refractivity contribution in [2.75, 3.05) is 5.75 Å². The molecule has 1 amide bonds. The van der Waals surface area contributed by atoms with Gasteiger partial charge in [0, 0.05) is 29.9 Å². The van der Waals surface area contributed by atoms with E-state index in [1.807, 2.05) is 38.1 Å². The standard InChI is InChI=1S/C18H23N3O3S/c1-11(2)15(10-25)17(22)21-16(18(23)24)7-12-3-5-13(6-4-12)14-8-19-20-9-14/h3-6,8-9,11,15-16,25H,7,10H2,1-2H3,(H,19,20)(H,21,22)(H,23,24)/t15-,16-/m0/s1.